The molecule has 2 aliphatic heterocycles. The number of piperidine rings is 2. The van der Waals surface area contributed by atoms with Crippen molar-refractivity contribution in [1.29, 1.82) is 0 Å². The van der Waals surface area contributed by atoms with Gasteiger partial charge in [0.2, 0.25) is 0 Å². The third-order valence-electron chi connectivity index (χ3n) is 5.20. The second-order valence-corrected chi connectivity index (χ2v) is 6.89. The minimum Gasteiger partial charge on any atom is -0.491 e. The number of hydrogen-bond acceptors (Lipinski definition) is 4. The van der Waals surface area contributed by atoms with Gasteiger partial charge >= 0.3 is 0 Å². The zero-order chi connectivity index (χ0) is 16.1. The third-order valence-corrected chi connectivity index (χ3v) is 5.20. The first-order valence-electron chi connectivity index (χ1n) is 9.29. The molecule has 0 amide bonds. The average Bonchev–Trinajstić information content (AvgIpc) is 2.62. The predicted molar refractivity (Wildman–Crippen MR) is 97.3 cm³/mol. The minimum absolute atomic E-state index is 0.727. The van der Waals surface area contributed by atoms with Gasteiger partial charge in [-0.05, 0) is 57.3 Å². The summed E-state index contributed by atoms with van der Waals surface area (Å²) in [6, 6.07) is 7.02. The van der Waals surface area contributed by atoms with E-state index in [1.165, 1.54) is 50.9 Å². The molecule has 0 saturated carbocycles. The van der Waals surface area contributed by atoms with Crippen LogP contribution in [-0.2, 0) is 0 Å². The molecular weight excluding hydrogens is 286 g/mol. The van der Waals surface area contributed by atoms with E-state index in [1.54, 1.807) is 0 Å². The molecule has 3 rings (SSSR count). The number of benzene rings is 1. The Balaban J connectivity index is 1.58. The highest BCUT2D eigenvalue weighted by molar-refractivity contribution is 5.62. The second kappa shape index (κ2) is 7.91. The van der Waals surface area contributed by atoms with E-state index in [-0.39, 0.29) is 0 Å². The number of anilines is 2. The molecule has 0 atom stereocenters. The highest BCUT2D eigenvalue weighted by Crippen LogP contribution is 2.30. The lowest BCUT2D eigenvalue weighted by Gasteiger charge is -2.41. The minimum atomic E-state index is 0.727. The van der Waals surface area contributed by atoms with Crippen molar-refractivity contribution in [3.8, 4) is 5.75 Å². The number of rotatable bonds is 5. The molecule has 2 heterocycles. The largest absolute Gasteiger partial charge is 0.491 e. The van der Waals surface area contributed by atoms with Gasteiger partial charge in [0.15, 0.2) is 0 Å². The van der Waals surface area contributed by atoms with Crippen molar-refractivity contribution in [3.05, 3.63) is 18.2 Å². The molecule has 0 bridgehead atoms. The summed E-state index contributed by atoms with van der Waals surface area (Å²) in [6.07, 6.45) is 7.74. The Morgan fingerprint density at radius 1 is 1.09 bits per heavy atom. The maximum absolute atomic E-state index is 6.03. The van der Waals surface area contributed by atoms with Gasteiger partial charge in [-0.3, -0.25) is 0 Å². The first-order valence-corrected chi connectivity index (χ1v) is 9.29. The zero-order valence-corrected chi connectivity index (χ0v) is 14.5. The van der Waals surface area contributed by atoms with E-state index in [9.17, 15) is 0 Å². The molecule has 2 saturated heterocycles. The summed E-state index contributed by atoms with van der Waals surface area (Å²) in [6.45, 7) is 7.73. The van der Waals surface area contributed by atoms with Crippen molar-refractivity contribution in [1.82, 2.24) is 4.90 Å². The second-order valence-electron chi connectivity index (χ2n) is 6.89. The Morgan fingerprint density at radius 2 is 1.83 bits per heavy atom. The molecule has 1 aromatic rings. The quantitative estimate of drug-likeness (QED) is 0.844. The van der Waals surface area contributed by atoms with Gasteiger partial charge in [0.1, 0.15) is 5.75 Å². The summed E-state index contributed by atoms with van der Waals surface area (Å²) >= 11 is 0. The molecule has 4 nitrogen and oxygen atoms in total. The van der Waals surface area contributed by atoms with Crippen molar-refractivity contribution in [2.45, 2.75) is 51.5 Å². The van der Waals surface area contributed by atoms with E-state index in [1.807, 2.05) is 6.07 Å². The Hall–Kier alpha value is -1.42. The van der Waals surface area contributed by atoms with Crippen LogP contribution in [0.4, 0.5) is 11.4 Å². The fraction of sp³-hybridized carbons (Fsp3) is 0.684. The molecule has 23 heavy (non-hydrogen) atoms. The summed E-state index contributed by atoms with van der Waals surface area (Å²) < 4.78 is 5.77. The molecule has 2 aliphatic rings. The maximum atomic E-state index is 6.03. The first-order chi connectivity index (χ1) is 11.3. The molecule has 0 spiro atoms. The van der Waals surface area contributed by atoms with E-state index in [0.717, 1.165) is 43.6 Å². The van der Waals surface area contributed by atoms with Crippen LogP contribution in [0.2, 0.25) is 0 Å². The van der Waals surface area contributed by atoms with Crippen LogP contribution in [0.25, 0.3) is 0 Å². The van der Waals surface area contributed by atoms with Crippen LogP contribution >= 0.6 is 0 Å². The van der Waals surface area contributed by atoms with Gasteiger partial charge in [-0.25, -0.2) is 0 Å². The number of nitrogens with two attached hydrogens (primary N) is 1. The van der Waals surface area contributed by atoms with Gasteiger partial charge < -0.3 is 20.3 Å². The number of nitrogen functional groups attached to an aromatic ring is 1. The summed E-state index contributed by atoms with van der Waals surface area (Å²) in [5.74, 6) is 0.836. The smallest absolute Gasteiger partial charge is 0.144 e. The van der Waals surface area contributed by atoms with Gasteiger partial charge in [-0.15, -0.1) is 0 Å². The summed E-state index contributed by atoms with van der Waals surface area (Å²) in [5, 5.41) is 0. The van der Waals surface area contributed by atoms with Crippen molar-refractivity contribution in [3.63, 3.8) is 0 Å². The fourth-order valence-electron chi connectivity index (χ4n) is 3.83. The SMILES string of the molecule is CCCOc1cc(N2CCC(N3CCCCC3)CC2)ccc1N. The van der Waals surface area contributed by atoms with Gasteiger partial charge in [-0.2, -0.15) is 0 Å². The molecule has 2 N–H and O–H groups in total. The van der Waals surface area contributed by atoms with Crippen LogP contribution in [0.1, 0.15) is 45.4 Å². The molecule has 0 aliphatic carbocycles. The lowest BCUT2D eigenvalue weighted by molar-refractivity contribution is 0.141. The first kappa shape index (κ1) is 16.4. The molecule has 128 valence electrons. The van der Waals surface area contributed by atoms with Crippen LogP contribution < -0.4 is 15.4 Å². The Bertz CT molecular complexity index is 491. The lowest BCUT2D eigenvalue weighted by Crippen LogP contribution is -2.46. The zero-order valence-electron chi connectivity index (χ0n) is 14.5. The predicted octanol–water partition coefficient (Wildman–Crippen LogP) is 3.51. The number of likely N-dealkylation sites (tertiary alicyclic amines) is 1. The number of nitrogens with zero attached hydrogens (tertiary/aromatic N) is 2. The number of ether oxygens (including phenoxy) is 1. The van der Waals surface area contributed by atoms with Crippen LogP contribution in [0.15, 0.2) is 18.2 Å². The van der Waals surface area contributed by atoms with E-state index in [0.29, 0.717) is 0 Å². The van der Waals surface area contributed by atoms with Crippen LogP contribution in [-0.4, -0.2) is 43.7 Å². The van der Waals surface area contributed by atoms with Crippen molar-refractivity contribution in [2.75, 3.05) is 43.4 Å². The molecule has 2 fully saturated rings. The van der Waals surface area contributed by atoms with Crippen molar-refractivity contribution >= 4 is 11.4 Å². The van der Waals surface area contributed by atoms with Crippen LogP contribution in [0, 0.1) is 0 Å². The van der Waals surface area contributed by atoms with Gasteiger partial charge in [0.05, 0.1) is 12.3 Å². The molecule has 0 aromatic heterocycles. The average molecular weight is 317 g/mol. The van der Waals surface area contributed by atoms with Crippen LogP contribution in [0.3, 0.4) is 0 Å². The van der Waals surface area contributed by atoms with Crippen molar-refractivity contribution in [2.24, 2.45) is 0 Å². The van der Waals surface area contributed by atoms with Gasteiger partial charge in [-0.1, -0.05) is 13.3 Å². The van der Waals surface area contributed by atoms with Crippen LogP contribution in [0.5, 0.6) is 5.75 Å². The summed E-state index contributed by atoms with van der Waals surface area (Å²) in [5.41, 5.74) is 8.02. The highest BCUT2D eigenvalue weighted by atomic mass is 16.5. The monoisotopic (exact) mass is 317 g/mol. The topological polar surface area (TPSA) is 41.7 Å². The van der Waals surface area contributed by atoms with E-state index >= 15 is 0 Å². The maximum Gasteiger partial charge on any atom is 0.144 e. The molecule has 0 radical (unpaired) electrons. The molecular formula is C19H31N3O. The van der Waals surface area contributed by atoms with Crippen molar-refractivity contribution < 1.29 is 4.74 Å². The Labute approximate surface area is 140 Å². The standard InChI is InChI=1S/C19H31N3O/c1-2-14-23-19-15-17(6-7-18(19)20)22-12-8-16(9-13-22)21-10-4-3-5-11-21/h6-7,15-16H,2-5,8-14,20H2,1H3. The lowest BCUT2D eigenvalue weighted by atomic mass is 9.99. The van der Waals surface area contributed by atoms with Gasteiger partial charge in [0.25, 0.3) is 0 Å². The van der Waals surface area contributed by atoms with E-state index in [2.05, 4.69) is 28.9 Å². The number of hydrogen-bond donors (Lipinski definition) is 1. The normalized spacial score (nSPS) is 20.7. The Morgan fingerprint density at radius 3 is 2.52 bits per heavy atom. The Kier molecular flexibility index (Phi) is 5.65. The van der Waals surface area contributed by atoms with E-state index < -0.39 is 0 Å². The molecule has 1 aromatic carbocycles. The summed E-state index contributed by atoms with van der Waals surface area (Å²) in [7, 11) is 0. The van der Waals surface area contributed by atoms with Gasteiger partial charge in [0, 0.05) is 30.9 Å². The molecule has 4 heteroatoms. The van der Waals surface area contributed by atoms with E-state index in [4.69, 9.17) is 10.5 Å². The third kappa shape index (κ3) is 4.11. The summed E-state index contributed by atoms with van der Waals surface area (Å²) in [4.78, 5) is 5.21. The highest BCUT2D eigenvalue weighted by Gasteiger charge is 2.25. The molecule has 0 unspecified atom stereocenters. The fourth-order valence-corrected chi connectivity index (χ4v) is 3.83.